The van der Waals surface area contributed by atoms with Gasteiger partial charge in [0.1, 0.15) is 10.8 Å². The summed E-state index contributed by atoms with van der Waals surface area (Å²) in [5.41, 5.74) is -0.908. The van der Waals surface area contributed by atoms with Crippen molar-refractivity contribution in [1.29, 1.82) is 0 Å². The quantitative estimate of drug-likeness (QED) is 0.746. The summed E-state index contributed by atoms with van der Waals surface area (Å²) in [7, 11) is 0. The smallest absolute Gasteiger partial charge is 0.316 e. The fourth-order valence-corrected chi connectivity index (χ4v) is 3.41. The van der Waals surface area contributed by atoms with Gasteiger partial charge in [-0.05, 0) is 34.6 Å². The number of rotatable bonds is 1. The van der Waals surface area contributed by atoms with Crippen LogP contribution in [0.15, 0.2) is 24.3 Å². The molecule has 0 amide bonds. The molecule has 2 heterocycles. The monoisotopic (exact) mass is 288 g/mol. The van der Waals surface area contributed by atoms with Crippen molar-refractivity contribution < 1.29 is 19.1 Å². The molecule has 0 radical (unpaired) electrons. The van der Waals surface area contributed by atoms with E-state index in [2.05, 4.69) is 0 Å². The summed E-state index contributed by atoms with van der Waals surface area (Å²) >= 11 is 0. The van der Waals surface area contributed by atoms with Crippen LogP contribution in [0.1, 0.15) is 38.8 Å². The van der Waals surface area contributed by atoms with Gasteiger partial charge in [0, 0.05) is 5.56 Å². The Morgan fingerprint density at radius 3 is 2.10 bits per heavy atom. The molecule has 0 bridgehead atoms. The van der Waals surface area contributed by atoms with Gasteiger partial charge in [-0.1, -0.05) is 29.8 Å². The molecule has 0 spiro atoms. The SMILES string of the molecule is Cc1ccc([C@@]23OC(=O)C(C)(C)[C@@H]2OC(=O)C3(C)C)cc1. The second-order valence-electron chi connectivity index (χ2n) is 7.12. The molecule has 3 rings (SSSR count). The van der Waals surface area contributed by atoms with E-state index in [0.717, 1.165) is 11.1 Å². The van der Waals surface area contributed by atoms with Crippen molar-refractivity contribution in [2.45, 2.75) is 46.3 Å². The number of fused-ring (bicyclic) bond motifs is 1. The summed E-state index contributed by atoms with van der Waals surface area (Å²) in [4.78, 5) is 24.7. The first kappa shape index (κ1) is 14.1. The highest BCUT2D eigenvalue weighted by Gasteiger charge is 2.75. The van der Waals surface area contributed by atoms with Crippen molar-refractivity contribution in [2.24, 2.45) is 10.8 Å². The molecule has 21 heavy (non-hydrogen) atoms. The maximum Gasteiger partial charge on any atom is 0.316 e. The van der Waals surface area contributed by atoms with Gasteiger partial charge in [-0.15, -0.1) is 0 Å². The average Bonchev–Trinajstić information content (AvgIpc) is 2.73. The molecule has 2 saturated heterocycles. The van der Waals surface area contributed by atoms with Gasteiger partial charge in [-0.25, -0.2) is 0 Å². The maximum absolute atomic E-state index is 12.3. The molecule has 0 aliphatic carbocycles. The summed E-state index contributed by atoms with van der Waals surface area (Å²) in [6.45, 7) is 9.09. The Morgan fingerprint density at radius 1 is 0.952 bits per heavy atom. The minimum absolute atomic E-state index is 0.325. The van der Waals surface area contributed by atoms with E-state index in [1.54, 1.807) is 27.7 Å². The standard InChI is InChI=1S/C17H20O4/c1-10-6-8-11(9-7-10)17-12(15(2,3)13(18)21-17)20-14(19)16(17,4)5/h6-9,12H,1-5H3/t12-,17+/m0/s1. The Hall–Kier alpha value is -1.84. The van der Waals surface area contributed by atoms with Crippen LogP contribution in [0.3, 0.4) is 0 Å². The Balaban J connectivity index is 2.26. The lowest BCUT2D eigenvalue weighted by molar-refractivity contribution is -0.166. The van der Waals surface area contributed by atoms with Gasteiger partial charge in [-0.3, -0.25) is 9.59 Å². The molecule has 0 N–H and O–H groups in total. The average molecular weight is 288 g/mol. The van der Waals surface area contributed by atoms with Crippen LogP contribution in [0.5, 0.6) is 0 Å². The van der Waals surface area contributed by atoms with E-state index in [1.807, 2.05) is 31.2 Å². The highest BCUT2D eigenvalue weighted by molar-refractivity contribution is 5.89. The van der Waals surface area contributed by atoms with E-state index in [1.165, 1.54) is 0 Å². The van der Waals surface area contributed by atoms with E-state index in [-0.39, 0.29) is 11.9 Å². The maximum atomic E-state index is 12.3. The lowest BCUT2D eigenvalue weighted by Crippen LogP contribution is -2.47. The molecule has 2 fully saturated rings. The number of ether oxygens (including phenoxy) is 2. The van der Waals surface area contributed by atoms with Crippen molar-refractivity contribution in [3.8, 4) is 0 Å². The number of hydrogen-bond donors (Lipinski definition) is 0. The molecule has 0 unspecified atom stereocenters. The van der Waals surface area contributed by atoms with Gasteiger partial charge in [0.15, 0.2) is 11.7 Å². The molecular formula is C17H20O4. The summed E-state index contributed by atoms with van der Waals surface area (Å²) in [6, 6.07) is 7.75. The number of aryl methyl sites for hydroxylation is 1. The lowest BCUT2D eigenvalue weighted by Gasteiger charge is -2.36. The Labute approximate surface area is 124 Å². The van der Waals surface area contributed by atoms with E-state index < -0.39 is 22.5 Å². The summed E-state index contributed by atoms with van der Waals surface area (Å²) in [6.07, 6.45) is -0.609. The third-order valence-electron chi connectivity index (χ3n) is 4.95. The van der Waals surface area contributed by atoms with Crippen LogP contribution >= 0.6 is 0 Å². The van der Waals surface area contributed by atoms with Crippen molar-refractivity contribution >= 4 is 11.9 Å². The van der Waals surface area contributed by atoms with Crippen LogP contribution in [-0.4, -0.2) is 18.0 Å². The normalized spacial score (nSPS) is 32.5. The van der Waals surface area contributed by atoms with Crippen LogP contribution in [-0.2, 0) is 24.7 Å². The molecule has 0 aromatic heterocycles. The third-order valence-corrected chi connectivity index (χ3v) is 4.95. The van der Waals surface area contributed by atoms with Gasteiger partial charge >= 0.3 is 11.9 Å². The zero-order valence-corrected chi connectivity index (χ0v) is 13.0. The topological polar surface area (TPSA) is 52.6 Å². The van der Waals surface area contributed by atoms with Gasteiger partial charge in [0.05, 0.1) is 0 Å². The molecule has 2 atom stereocenters. The lowest BCUT2D eigenvalue weighted by atomic mass is 9.66. The first-order valence-electron chi connectivity index (χ1n) is 7.16. The minimum atomic E-state index is -1.06. The first-order chi connectivity index (χ1) is 9.64. The van der Waals surface area contributed by atoms with E-state index in [0.29, 0.717) is 0 Å². The fourth-order valence-electron chi connectivity index (χ4n) is 3.41. The Bertz CT molecular complexity index is 625. The first-order valence-corrected chi connectivity index (χ1v) is 7.16. The largest absolute Gasteiger partial charge is 0.456 e. The third kappa shape index (κ3) is 1.50. The van der Waals surface area contributed by atoms with E-state index in [4.69, 9.17) is 9.47 Å². The summed E-state index contributed by atoms with van der Waals surface area (Å²) in [5, 5.41) is 0. The van der Waals surface area contributed by atoms with E-state index >= 15 is 0 Å². The second-order valence-corrected chi connectivity index (χ2v) is 7.12. The molecule has 112 valence electrons. The number of esters is 2. The summed E-state index contributed by atoms with van der Waals surface area (Å²) < 4.78 is 11.4. The highest BCUT2D eigenvalue weighted by Crippen LogP contribution is 2.61. The van der Waals surface area contributed by atoms with Crippen molar-refractivity contribution in [2.75, 3.05) is 0 Å². The van der Waals surface area contributed by atoms with Crippen molar-refractivity contribution in [1.82, 2.24) is 0 Å². The van der Waals surface area contributed by atoms with Gasteiger partial charge < -0.3 is 9.47 Å². The molecule has 4 nitrogen and oxygen atoms in total. The molecule has 0 saturated carbocycles. The van der Waals surface area contributed by atoms with Crippen molar-refractivity contribution in [3.63, 3.8) is 0 Å². The number of carbonyl (C=O) groups excluding carboxylic acids is 2. The zero-order chi connectivity index (χ0) is 15.6. The Kier molecular flexibility index (Phi) is 2.60. The van der Waals surface area contributed by atoms with Crippen LogP contribution in [0, 0.1) is 17.8 Å². The number of carbonyl (C=O) groups is 2. The van der Waals surface area contributed by atoms with Gasteiger partial charge in [0.2, 0.25) is 0 Å². The molecular weight excluding hydrogens is 268 g/mol. The van der Waals surface area contributed by atoms with Crippen molar-refractivity contribution in [3.05, 3.63) is 35.4 Å². The van der Waals surface area contributed by atoms with Gasteiger partial charge in [0.25, 0.3) is 0 Å². The summed E-state index contributed by atoms with van der Waals surface area (Å²) in [5.74, 6) is -0.651. The molecule has 2 aliphatic rings. The number of hydrogen-bond acceptors (Lipinski definition) is 4. The number of benzene rings is 1. The van der Waals surface area contributed by atoms with Crippen LogP contribution in [0.25, 0.3) is 0 Å². The highest BCUT2D eigenvalue weighted by atomic mass is 16.6. The second kappa shape index (κ2) is 3.87. The fraction of sp³-hybridized carbons (Fsp3) is 0.529. The van der Waals surface area contributed by atoms with Crippen LogP contribution in [0.2, 0.25) is 0 Å². The minimum Gasteiger partial charge on any atom is -0.456 e. The predicted molar refractivity (Wildman–Crippen MR) is 76.4 cm³/mol. The molecule has 1 aromatic carbocycles. The zero-order valence-electron chi connectivity index (χ0n) is 13.0. The molecule has 2 aliphatic heterocycles. The predicted octanol–water partition coefficient (Wildman–Crippen LogP) is 2.72. The van der Waals surface area contributed by atoms with Crippen LogP contribution in [0.4, 0.5) is 0 Å². The van der Waals surface area contributed by atoms with E-state index in [9.17, 15) is 9.59 Å². The molecule has 1 aromatic rings. The van der Waals surface area contributed by atoms with Gasteiger partial charge in [-0.2, -0.15) is 0 Å². The molecule has 4 heteroatoms. The Morgan fingerprint density at radius 2 is 1.52 bits per heavy atom. The van der Waals surface area contributed by atoms with Crippen LogP contribution < -0.4 is 0 Å².